The van der Waals surface area contributed by atoms with Gasteiger partial charge in [-0.25, -0.2) is 0 Å². The molecule has 0 atom stereocenters. The number of ether oxygens (including phenoxy) is 3. The van der Waals surface area contributed by atoms with Gasteiger partial charge in [-0.2, -0.15) is 0 Å². The second kappa shape index (κ2) is 3.95. The van der Waals surface area contributed by atoms with Gasteiger partial charge in [-0.1, -0.05) is 0 Å². The number of hydrogen-bond acceptors (Lipinski definition) is 5. The summed E-state index contributed by atoms with van der Waals surface area (Å²) in [6, 6.07) is 1.63. The Morgan fingerprint density at radius 1 is 0.857 bits per heavy atom. The van der Waals surface area contributed by atoms with Crippen LogP contribution in [0.3, 0.4) is 0 Å². The van der Waals surface area contributed by atoms with Gasteiger partial charge in [0.05, 0.1) is 21.3 Å². The van der Waals surface area contributed by atoms with Gasteiger partial charge >= 0.3 is 0 Å². The Hall–Kier alpha value is -1.78. The maximum atomic E-state index is 5.74. The fourth-order valence-corrected chi connectivity index (χ4v) is 1.18. The van der Waals surface area contributed by atoms with Crippen molar-refractivity contribution in [1.82, 2.24) is 0 Å². The van der Waals surface area contributed by atoms with Crippen LogP contribution in [0.4, 0.5) is 11.4 Å². The van der Waals surface area contributed by atoms with Crippen molar-refractivity contribution in [2.75, 3.05) is 32.8 Å². The van der Waals surface area contributed by atoms with Crippen molar-refractivity contribution in [3.63, 3.8) is 0 Å². The topological polar surface area (TPSA) is 79.7 Å². The van der Waals surface area contributed by atoms with Gasteiger partial charge in [-0.3, -0.25) is 0 Å². The number of hydrogen-bond donors (Lipinski definition) is 2. The Labute approximate surface area is 82.5 Å². The maximum absolute atomic E-state index is 5.74. The number of benzene rings is 1. The highest BCUT2D eigenvalue weighted by atomic mass is 16.5. The molecule has 0 saturated heterocycles. The van der Waals surface area contributed by atoms with Crippen molar-refractivity contribution in [3.05, 3.63) is 6.07 Å². The van der Waals surface area contributed by atoms with E-state index in [1.807, 2.05) is 0 Å². The van der Waals surface area contributed by atoms with Crippen molar-refractivity contribution in [2.45, 2.75) is 0 Å². The highest BCUT2D eigenvalue weighted by Crippen LogP contribution is 2.43. The lowest BCUT2D eigenvalue weighted by Gasteiger charge is -2.14. The summed E-state index contributed by atoms with van der Waals surface area (Å²) in [4.78, 5) is 0. The summed E-state index contributed by atoms with van der Waals surface area (Å²) in [5.41, 5.74) is 12.1. The van der Waals surface area contributed by atoms with Gasteiger partial charge in [0.2, 0.25) is 0 Å². The fourth-order valence-electron chi connectivity index (χ4n) is 1.18. The lowest BCUT2D eigenvalue weighted by Crippen LogP contribution is -2.03. The van der Waals surface area contributed by atoms with E-state index in [9.17, 15) is 0 Å². The number of nitrogens with two attached hydrogens (primary N) is 2. The molecule has 5 nitrogen and oxygen atoms in total. The third kappa shape index (κ3) is 1.48. The van der Waals surface area contributed by atoms with Gasteiger partial charge in [-0.15, -0.1) is 0 Å². The largest absolute Gasteiger partial charge is 0.494 e. The molecule has 1 rings (SSSR count). The zero-order valence-electron chi connectivity index (χ0n) is 8.46. The predicted octanol–water partition coefficient (Wildman–Crippen LogP) is 0.877. The molecule has 0 radical (unpaired) electrons. The van der Waals surface area contributed by atoms with E-state index >= 15 is 0 Å². The van der Waals surface area contributed by atoms with Crippen LogP contribution in [0.2, 0.25) is 0 Å². The first-order valence-corrected chi connectivity index (χ1v) is 3.99. The second-order valence-corrected chi connectivity index (χ2v) is 2.64. The highest BCUT2D eigenvalue weighted by molar-refractivity contribution is 5.80. The highest BCUT2D eigenvalue weighted by Gasteiger charge is 2.15. The van der Waals surface area contributed by atoms with Crippen molar-refractivity contribution >= 4 is 11.4 Å². The van der Waals surface area contributed by atoms with Gasteiger partial charge in [0, 0.05) is 6.07 Å². The van der Waals surface area contributed by atoms with E-state index in [1.165, 1.54) is 21.3 Å². The summed E-state index contributed by atoms with van der Waals surface area (Å²) in [6.07, 6.45) is 0. The van der Waals surface area contributed by atoms with Crippen LogP contribution in [0, 0.1) is 0 Å². The molecule has 0 amide bonds. The molecular formula is C9H14N2O3. The summed E-state index contributed by atoms with van der Waals surface area (Å²) in [5.74, 6) is 1.39. The lowest BCUT2D eigenvalue weighted by atomic mass is 10.2. The van der Waals surface area contributed by atoms with Crippen LogP contribution < -0.4 is 25.7 Å². The van der Waals surface area contributed by atoms with Gasteiger partial charge in [0.1, 0.15) is 17.1 Å². The Kier molecular flexibility index (Phi) is 2.91. The number of methoxy groups -OCH3 is 3. The Bertz CT molecular complexity index is 339. The molecule has 0 aromatic heterocycles. The van der Waals surface area contributed by atoms with E-state index in [4.69, 9.17) is 25.7 Å². The van der Waals surface area contributed by atoms with Crippen LogP contribution >= 0.6 is 0 Å². The van der Waals surface area contributed by atoms with Gasteiger partial charge in [0.25, 0.3) is 0 Å². The number of rotatable bonds is 3. The Balaban J connectivity index is 3.38. The molecule has 0 fully saturated rings. The van der Waals surface area contributed by atoms with Crippen molar-refractivity contribution in [3.8, 4) is 17.2 Å². The summed E-state index contributed by atoms with van der Waals surface area (Å²) in [7, 11) is 4.53. The normalized spacial score (nSPS) is 9.64. The monoisotopic (exact) mass is 198 g/mol. The van der Waals surface area contributed by atoms with Crippen LogP contribution in [0.25, 0.3) is 0 Å². The summed E-state index contributed by atoms with van der Waals surface area (Å²) in [6.45, 7) is 0. The Morgan fingerprint density at radius 2 is 1.43 bits per heavy atom. The quantitative estimate of drug-likeness (QED) is 0.704. The lowest BCUT2D eigenvalue weighted by molar-refractivity contribution is 0.351. The van der Waals surface area contributed by atoms with Crippen LogP contribution in [0.1, 0.15) is 0 Å². The molecule has 0 heterocycles. The van der Waals surface area contributed by atoms with E-state index < -0.39 is 0 Å². The molecule has 78 valence electrons. The standard InChI is InChI=1S/C9H14N2O3/c1-12-5-4-6(13-2)9(14-3)8(11)7(5)10/h4H,10-11H2,1-3H3. The number of anilines is 2. The van der Waals surface area contributed by atoms with Crippen LogP contribution in [0.15, 0.2) is 6.07 Å². The third-order valence-electron chi connectivity index (χ3n) is 1.93. The molecular weight excluding hydrogens is 184 g/mol. The van der Waals surface area contributed by atoms with E-state index in [1.54, 1.807) is 6.07 Å². The first-order chi connectivity index (χ1) is 6.65. The zero-order valence-corrected chi connectivity index (χ0v) is 8.46. The van der Waals surface area contributed by atoms with Crippen LogP contribution in [-0.2, 0) is 0 Å². The van der Waals surface area contributed by atoms with E-state index in [0.29, 0.717) is 28.6 Å². The van der Waals surface area contributed by atoms with Crippen LogP contribution in [0.5, 0.6) is 17.2 Å². The molecule has 5 heteroatoms. The minimum Gasteiger partial charge on any atom is -0.494 e. The maximum Gasteiger partial charge on any atom is 0.186 e. The van der Waals surface area contributed by atoms with Crippen molar-refractivity contribution < 1.29 is 14.2 Å². The molecule has 0 aliphatic carbocycles. The van der Waals surface area contributed by atoms with E-state index in [-0.39, 0.29) is 0 Å². The number of nitrogen functional groups attached to an aromatic ring is 2. The molecule has 0 unspecified atom stereocenters. The molecule has 1 aromatic rings. The Morgan fingerprint density at radius 3 is 1.86 bits per heavy atom. The fraction of sp³-hybridized carbons (Fsp3) is 0.333. The average Bonchev–Trinajstić information content (AvgIpc) is 2.21. The molecule has 4 N–H and O–H groups in total. The van der Waals surface area contributed by atoms with Gasteiger partial charge < -0.3 is 25.7 Å². The van der Waals surface area contributed by atoms with Gasteiger partial charge in [0.15, 0.2) is 11.5 Å². The smallest absolute Gasteiger partial charge is 0.186 e. The molecule has 1 aromatic carbocycles. The summed E-state index contributed by atoms with van der Waals surface area (Å²) >= 11 is 0. The molecule has 0 saturated carbocycles. The predicted molar refractivity (Wildman–Crippen MR) is 54.9 cm³/mol. The zero-order chi connectivity index (χ0) is 10.7. The summed E-state index contributed by atoms with van der Waals surface area (Å²) < 4.78 is 15.2. The minimum absolute atomic E-state index is 0.323. The SMILES string of the molecule is COc1cc(OC)c(OC)c(N)c1N. The van der Waals surface area contributed by atoms with Crippen molar-refractivity contribution in [1.29, 1.82) is 0 Å². The van der Waals surface area contributed by atoms with Crippen molar-refractivity contribution in [2.24, 2.45) is 0 Å². The first-order valence-electron chi connectivity index (χ1n) is 3.99. The van der Waals surface area contributed by atoms with E-state index in [0.717, 1.165) is 0 Å². The minimum atomic E-state index is 0.323. The van der Waals surface area contributed by atoms with Crippen LogP contribution in [-0.4, -0.2) is 21.3 Å². The molecule has 14 heavy (non-hydrogen) atoms. The molecule has 0 bridgehead atoms. The summed E-state index contributed by atoms with van der Waals surface area (Å²) in [5, 5.41) is 0. The van der Waals surface area contributed by atoms with E-state index in [2.05, 4.69) is 0 Å². The average molecular weight is 198 g/mol. The second-order valence-electron chi connectivity index (χ2n) is 2.64. The van der Waals surface area contributed by atoms with Gasteiger partial charge in [-0.05, 0) is 0 Å². The molecule has 0 spiro atoms. The third-order valence-corrected chi connectivity index (χ3v) is 1.93. The first kappa shape index (κ1) is 10.3. The molecule has 0 aliphatic rings. The molecule has 0 aliphatic heterocycles.